The standard InChI is InChI=1S/C13H15N7/c1-10-11(7-19(2)18-10)5-15-12-3-4-13(16-6-12)20-9-14-8-17-20/h3-4,6-9,15H,5H2,1-2H3. The molecule has 3 aromatic heterocycles. The predicted octanol–water partition coefficient (Wildman–Crippen LogP) is 1.32. The van der Waals surface area contributed by atoms with E-state index in [1.165, 1.54) is 11.9 Å². The van der Waals surface area contributed by atoms with Gasteiger partial charge in [0, 0.05) is 25.4 Å². The fourth-order valence-corrected chi connectivity index (χ4v) is 1.97. The summed E-state index contributed by atoms with van der Waals surface area (Å²) in [6, 6.07) is 3.86. The SMILES string of the molecule is Cc1nn(C)cc1CNc1ccc(-n2cncn2)nc1. The lowest BCUT2D eigenvalue weighted by Crippen LogP contribution is -2.02. The topological polar surface area (TPSA) is 73.5 Å². The summed E-state index contributed by atoms with van der Waals surface area (Å²) >= 11 is 0. The van der Waals surface area contributed by atoms with Crippen LogP contribution < -0.4 is 5.32 Å². The molecule has 7 heteroatoms. The number of pyridine rings is 1. The highest BCUT2D eigenvalue weighted by molar-refractivity contribution is 5.44. The molecule has 0 aliphatic carbocycles. The van der Waals surface area contributed by atoms with Crippen LogP contribution in [0.5, 0.6) is 0 Å². The molecule has 0 saturated heterocycles. The zero-order valence-electron chi connectivity index (χ0n) is 11.4. The molecule has 3 aromatic rings. The maximum Gasteiger partial charge on any atom is 0.155 e. The number of nitrogens with zero attached hydrogens (tertiary/aromatic N) is 6. The van der Waals surface area contributed by atoms with Crippen LogP contribution >= 0.6 is 0 Å². The molecule has 0 bridgehead atoms. The number of nitrogens with one attached hydrogen (secondary N) is 1. The van der Waals surface area contributed by atoms with Gasteiger partial charge in [-0.1, -0.05) is 0 Å². The van der Waals surface area contributed by atoms with Crippen molar-refractivity contribution in [2.24, 2.45) is 7.05 Å². The maximum atomic E-state index is 4.34. The minimum absolute atomic E-state index is 0.726. The molecular formula is C13H15N7. The van der Waals surface area contributed by atoms with Gasteiger partial charge in [-0.05, 0) is 19.1 Å². The van der Waals surface area contributed by atoms with E-state index in [1.807, 2.05) is 37.0 Å². The van der Waals surface area contributed by atoms with Gasteiger partial charge in [-0.2, -0.15) is 10.2 Å². The summed E-state index contributed by atoms with van der Waals surface area (Å²) in [7, 11) is 1.92. The van der Waals surface area contributed by atoms with E-state index in [-0.39, 0.29) is 0 Å². The van der Waals surface area contributed by atoms with Crippen molar-refractivity contribution in [3.05, 3.63) is 48.4 Å². The molecule has 3 heterocycles. The Hall–Kier alpha value is -2.70. The number of aromatic nitrogens is 6. The third-order valence-electron chi connectivity index (χ3n) is 3.00. The lowest BCUT2D eigenvalue weighted by molar-refractivity contribution is 0.756. The third kappa shape index (κ3) is 2.51. The van der Waals surface area contributed by atoms with Crippen molar-refractivity contribution >= 4 is 5.69 Å². The van der Waals surface area contributed by atoms with Gasteiger partial charge in [0.2, 0.25) is 0 Å². The van der Waals surface area contributed by atoms with Crippen molar-refractivity contribution < 1.29 is 0 Å². The van der Waals surface area contributed by atoms with Gasteiger partial charge in [0.1, 0.15) is 12.7 Å². The average molecular weight is 269 g/mol. The minimum Gasteiger partial charge on any atom is -0.380 e. The van der Waals surface area contributed by atoms with Gasteiger partial charge in [-0.3, -0.25) is 4.68 Å². The first kappa shape index (κ1) is 12.3. The first-order chi connectivity index (χ1) is 9.72. The molecule has 1 N–H and O–H groups in total. The van der Waals surface area contributed by atoms with Gasteiger partial charge in [0.25, 0.3) is 0 Å². The van der Waals surface area contributed by atoms with Gasteiger partial charge in [-0.15, -0.1) is 0 Å². The number of anilines is 1. The fraction of sp³-hybridized carbons (Fsp3) is 0.231. The van der Waals surface area contributed by atoms with E-state index in [0.717, 1.165) is 23.7 Å². The second-order valence-corrected chi connectivity index (χ2v) is 4.51. The Morgan fingerprint density at radius 3 is 2.80 bits per heavy atom. The molecule has 0 aromatic carbocycles. The van der Waals surface area contributed by atoms with Gasteiger partial charge in [-0.25, -0.2) is 14.6 Å². The molecule has 0 radical (unpaired) electrons. The molecule has 3 rings (SSSR count). The van der Waals surface area contributed by atoms with Gasteiger partial charge >= 0.3 is 0 Å². The highest BCUT2D eigenvalue weighted by atomic mass is 15.3. The smallest absolute Gasteiger partial charge is 0.155 e. The summed E-state index contributed by atoms with van der Waals surface area (Å²) in [6.07, 6.45) is 6.90. The number of hydrogen-bond acceptors (Lipinski definition) is 5. The predicted molar refractivity (Wildman–Crippen MR) is 74.4 cm³/mol. The Bertz CT molecular complexity index is 682. The molecule has 20 heavy (non-hydrogen) atoms. The van der Waals surface area contributed by atoms with Crippen LogP contribution in [-0.4, -0.2) is 29.5 Å². The summed E-state index contributed by atoms with van der Waals surface area (Å²) < 4.78 is 3.44. The average Bonchev–Trinajstić information content (AvgIpc) is 3.07. The number of hydrogen-bond donors (Lipinski definition) is 1. The van der Waals surface area contributed by atoms with Crippen molar-refractivity contribution in [3.8, 4) is 5.82 Å². The molecule has 0 atom stereocenters. The van der Waals surface area contributed by atoms with Crippen LogP contribution in [-0.2, 0) is 13.6 Å². The largest absolute Gasteiger partial charge is 0.380 e. The molecule has 7 nitrogen and oxygen atoms in total. The second-order valence-electron chi connectivity index (χ2n) is 4.51. The molecule has 102 valence electrons. The van der Waals surface area contributed by atoms with E-state index in [4.69, 9.17) is 0 Å². The van der Waals surface area contributed by atoms with Crippen molar-refractivity contribution in [1.82, 2.24) is 29.5 Å². The highest BCUT2D eigenvalue weighted by Crippen LogP contribution is 2.11. The summed E-state index contributed by atoms with van der Waals surface area (Å²) in [5.41, 5.74) is 3.16. The Balaban J connectivity index is 1.68. The summed E-state index contributed by atoms with van der Waals surface area (Å²) in [5, 5.41) is 11.7. The Labute approximate surface area is 116 Å². The zero-order chi connectivity index (χ0) is 13.9. The first-order valence-corrected chi connectivity index (χ1v) is 6.26. The van der Waals surface area contributed by atoms with Crippen molar-refractivity contribution in [2.45, 2.75) is 13.5 Å². The lowest BCUT2D eigenvalue weighted by atomic mass is 10.2. The molecule has 0 aliphatic heterocycles. The first-order valence-electron chi connectivity index (χ1n) is 6.26. The Morgan fingerprint density at radius 1 is 1.30 bits per heavy atom. The maximum absolute atomic E-state index is 4.34. The molecule has 0 unspecified atom stereocenters. The minimum atomic E-state index is 0.726. The highest BCUT2D eigenvalue weighted by Gasteiger charge is 2.03. The van der Waals surface area contributed by atoms with E-state index in [2.05, 4.69) is 25.5 Å². The fourth-order valence-electron chi connectivity index (χ4n) is 1.97. The third-order valence-corrected chi connectivity index (χ3v) is 3.00. The molecule has 0 aliphatic rings. The van der Waals surface area contributed by atoms with Crippen LogP contribution in [0.15, 0.2) is 37.2 Å². The van der Waals surface area contributed by atoms with E-state index < -0.39 is 0 Å². The van der Waals surface area contributed by atoms with E-state index >= 15 is 0 Å². The van der Waals surface area contributed by atoms with Crippen LogP contribution in [0.1, 0.15) is 11.3 Å². The van der Waals surface area contributed by atoms with Crippen LogP contribution in [0, 0.1) is 6.92 Å². The van der Waals surface area contributed by atoms with Crippen LogP contribution in [0.25, 0.3) is 5.82 Å². The zero-order valence-corrected chi connectivity index (χ0v) is 11.4. The summed E-state index contributed by atoms with van der Waals surface area (Å²) in [4.78, 5) is 8.23. The number of aryl methyl sites for hydroxylation is 2. The lowest BCUT2D eigenvalue weighted by Gasteiger charge is -2.06. The van der Waals surface area contributed by atoms with Crippen LogP contribution in [0.3, 0.4) is 0 Å². The Morgan fingerprint density at radius 2 is 2.20 bits per heavy atom. The van der Waals surface area contributed by atoms with E-state index in [9.17, 15) is 0 Å². The molecular weight excluding hydrogens is 254 g/mol. The van der Waals surface area contributed by atoms with E-state index in [1.54, 1.807) is 17.2 Å². The molecule has 0 saturated carbocycles. The van der Waals surface area contributed by atoms with Gasteiger partial charge in [0.05, 0.1) is 17.6 Å². The van der Waals surface area contributed by atoms with Crippen molar-refractivity contribution in [1.29, 1.82) is 0 Å². The van der Waals surface area contributed by atoms with Gasteiger partial charge < -0.3 is 5.32 Å². The molecule has 0 spiro atoms. The molecule has 0 amide bonds. The summed E-state index contributed by atoms with van der Waals surface area (Å²) in [6.45, 7) is 2.73. The normalized spacial score (nSPS) is 10.7. The monoisotopic (exact) mass is 269 g/mol. The van der Waals surface area contributed by atoms with Crippen molar-refractivity contribution in [3.63, 3.8) is 0 Å². The van der Waals surface area contributed by atoms with Crippen LogP contribution in [0.4, 0.5) is 5.69 Å². The van der Waals surface area contributed by atoms with Crippen molar-refractivity contribution in [2.75, 3.05) is 5.32 Å². The van der Waals surface area contributed by atoms with Gasteiger partial charge in [0.15, 0.2) is 5.82 Å². The molecule has 0 fully saturated rings. The summed E-state index contributed by atoms with van der Waals surface area (Å²) in [5.74, 6) is 0.741. The quantitative estimate of drug-likeness (QED) is 0.773. The number of rotatable bonds is 4. The van der Waals surface area contributed by atoms with E-state index in [0.29, 0.717) is 0 Å². The second kappa shape index (κ2) is 5.12. The Kier molecular flexibility index (Phi) is 3.16. The van der Waals surface area contributed by atoms with Crippen LogP contribution in [0.2, 0.25) is 0 Å².